The average Bonchev–Trinajstić information content (AvgIpc) is 2.70. The number of amides is 1. The van der Waals surface area contributed by atoms with Crippen molar-refractivity contribution in [3.8, 4) is 17.2 Å². The number of nitrogens with zero attached hydrogens (tertiary/aromatic N) is 1. The van der Waals surface area contributed by atoms with Gasteiger partial charge < -0.3 is 19.5 Å². The van der Waals surface area contributed by atoms with Gasteiger partial charge in [0.2, 0.25) is 5.91 Å². The van der Waals surface area contributed by atoms with Gasteiger partial charge in [-0.25, -0.2) is 0 Å². The Morgan fingerprint density at radius 1 is 0.969 bits per heavy atom. The molecule has 1 amide bonds. The first-order valence-corrected chi connectivity index (χ1v) is 9.96. The van der Waals surface area contributed by atoms with Crippen LogP contribution in [0.1, 0.15) is 18.1 Å². The predicted octanol–water partition coefficient (Wildman–Crippen LogP) is 4.08. The first-order chi connectivity index (χ1) is 15.3. The zero-order valence-corrected chi connectivity index (χ0v) is 17.8. The third kappa shape index (κ3) is 9.01. The Bertz CT molecular complexity index is 850. The lowest BCUT2D eigenvalue weighted by molar-refractivity contribution is -0.122. The number of hydrogen-bond donors (Lipinski definition) is 1. The summed E-state index contributed by atoms with van der Waals surface area (Å²) in [6.45, 7) is -2.88. The van der Waals surface area contributed by atoms with E-state index in [9.17, 15) is 22.4 Å². The molecule has 0 saturated carbocycles. The maximum atomic E-state index is 12.5. The van der Waals surface area contributed by atoms with Crippen LogP contribution in [0.5, 0.6) is 17.2 Å². The van der Waals surface area contributed by atoms with Crippen LogP contribution in [0.3, 0.4) is 0 Å². The summed E-state index contributed by atoms with van der Waals surface area (Å²) in [7, 11) is 1.76. The Balaban J connectivity index is 1.79. The van der Waals surface area contributed by atoms with Crippen LogP contribution in [0.25, 0.3) is 0 Å². The maximum absolute atomic E-state index is 12.5. The SMILES string of the molecule is CCOc1cc(CN(C)CC(=O)NCCc2ccc(OC(F)F)cc2)ccc1OC(F)F. The lowest BCUT2D eigenvalue weighted by Crippen LogP contribution is -2.35. The number of carbonyl (C=O) groups excluding carboxylic acids is 1. The van der Waals surface area contributed by atoms with E-state index >= 15 is 0 Å². The van der Waals surface area contributed by atoms with E-state index < -0.39 is 13.2 Å². The fourth-order valence-corrected chi connectivity index (χ4v) is 2.96. The zero-order valence-electron chi connectivity index (χ0n) is 17.8. The summed E-state index contributed by atoms with van der Waals surface area (Å²) in [6, 6.07) is 10.9. The molecule has 0 bridgehead atoms. The molecule has 2 aromatic carbocycles. The number of ether oxygens (including phenoxy) is 3. The van der Waals surface area contributed by atoms with Gasteiger partial charge in [0.1, 0.15) is 5.75 Å². The smallest absolute Gasteiger partial charge is 0.387 e. The monoisotopic (exact) mass is 458 g/mol. The van der Waals surface area contributed by atoms with Crippen molar-refractivity contribution in [2.75, 3.05) is 26.7 Å². The van der Waals surface area contributed by atoms with Gasteiger partial charge in [0.25, 0.3) is 0 Å². The second-order valence-corrected chi connectivity index (χ2v) is 6.89. The second-order valence-electron chi connectivity index (χ2n) is 6.89. The Morgan fingerprint density at radius 3 is 2.25 bits per heavy atom. The lowest BCUT2D eigenvalue weighted by Gasteiger charge is -2.18. The summed E-state index contributed by atoms with van der Waals surface area (Å²) in [6.07, 6.45) is 0.535. The lowest BCUT2D eigenvalue weighted by atomic mass is 10.1. The molecular formula is C22H26F4N2O4. The van der Waals surface area contributed by atoms with Crippen LogP contribution in [0.4, 0.5) is 17.6 Å². The maximum Gasteiger partial charge on any atom is 0.387 e. The van der Waals surface area contributed by atoms with Gasteiger partial charge in [0.05, 0.1) is 13.2 Å². The van der Waals surface area contributed by atoms with Crippen LogP contribution < -0.4 is 19.5 Å². The third-order valence-electron chi connectivity index (χ3n) is 4.27. The van der Waals surface area contributed by atoms with Crippen LogP contribution in [0.15, 0.2) is 42.5 Å². The largest absolute Gasteiger partial charge is 0.490 e. The quantitative estimate of drug-likeness (QED) is 0.459. The summed E-state index contributed by atoms with van der Waals surface area (Å²) in [4.78, 5) is 13.9. The second kappa shape index (κ2) is 12.7. The highest BCUT2D eigenvalue weighted by Gasteiger charge is 2.13. The first kappa shape index (κ1) is 25.3. The molecule has 0 fully saturated rings. The van der Waals surface area contributed by atoms with Crippen LogP contribution in [0.2, 0.25) is 0 Å². The number of rotatable bonds is 13. The van der Waals surface area contributed by atoms with Gasteiger partial charge in [-0.1, -0.05) is 18.2 Å². The van der Waals surface area contributed by atoms with E-state index in [0.717, 1.165) is 11.1 Å². The van der Waals surface area contributed by atoms with E-state index in [0.29, 0.717) is 26.1 Å². The fraction of sp³-hybridized carbons (Fsp3) is 0.409. The van der Waals surface area contributed by atoms with Crippen molar-refractivity contribution in [2.45, 2.75) is 33.1 Å². The molecule has 0 aromatic heterocycles. The topological polar surface area (TPSA) is 60.0 Å². The normalized spacial score (nSPS) is 11.2. The molecule has 0 aliphatic carbocycles. The molecule has 0 aliphatic heterocycles. The highest BCUT2D eigenvalue weighted by molar-refractivity contribution is 5.77. The molecule has 10 heteroatoms. The number of likely N-dealkylation sites (N-methyl/N-ethyl adjacent to an activating group) is 1. The van der Waals surface area contributed by atoms with Gasteiger partial charge in [-0.15, -0.1) is 0 Å². The van der Waals surface area contributed by atoms with Gasteiger partial charge in [0, 0.05) is 13.1 Å². The highest BCUT2D eigenvalue weighted by Crippen LogP contribution is 2.30. The van der Waals surface area contributed by atoms with Crippen LogP contribution in [-0.4, -0.2) is 50.8 Å². The summed E-state index contributed by atoms with van der Waals surface area (Å²) in [5.41, 5.74) is 1.64. The molecular weight excluding hydrogens is 432 g/mol. The Kier molecular flexibility index (Phi) is 10.1. The minimum Gasteiger partial charge on any atom is -0.490 e. The Morgan fingerprint density at radius 2 is 1.62 bits per heavy atom. The van der Waals surface area contributed by atoms with E-state index in [2.05, 4.69) is 14.8 Å². The Labute approximate surface area is 184 Å². The van der Waals surface area contributed by atoms with E-state index in [1.807, 2.05) is 0 Å². The fourth-order valence-electron chi connectivity index (χ4n) is 2.96. The molecule has 6 nitrogen and oxygen atoms in total. The molecule has 0 atom stereocenters. The molecule has 1 N–H and O–H groups in total. The first-order valence-electron chi connectivity index (χ1n) is 9.96. The Hall–Kier alpha value is -3.01. The third-order valence-corrected chi connectivity index (χ3v) is 4.27. The standard InChI is InChI=1S/C22H26F4N2O4/c1-3-30-19-12-16(6-9-18(19)32-22(25)26)13-28(2)14-20(29)27-11-10-15-4-7-17(8-5-15)31-21(23)24/h4-9,12,21-22H,3,10-11,13-14H2,1-2H3,(H,27,29). The summed E-state index contributed by atoms with van der Waals surface area (Å²) >= 11 is 0. The number of carbonyl (C=O) groups is 1. The van der Waals surface area contributed by atoms with Gasteiger partial charge >= 0.3 is 13.2 Å². The van der Waals surface area contributed by atoms with Crippen LogP contribution in [-0.2, 0) is 17.8 Å². The molecule has 0 spiro atoms. The van der Waals surface area contributed by atoms with Gasteiger partial charge in [-0.3, -0.25) is 9.69 Å². The summed E-state index contributed by atoms with van der Waals surface area (Å²) < 4.78 is 63.4. The van der Waals surface area contributed by atoms with Crippen molar-refractivity contribution >= 4 is 5.91 Å². The minimum atomic E-state index is -2.95. The van der Waals surface area contributed by atoms with E-state index in [1.54, 1.807) is 43.1 Å². The van der Waals surface area contributed by atoms with E-state index in [4.69, 9.17) is 4.74 Å². The number of halogens is 4. The van der Waals surface area contributed by atoms with Crippen molar-refractivity contribution in [1.82, 2.24) is 10.2 Å². The van der Waals surface area contributed by atoms with E-state index in [-0.39, 0.29) is 29.7 Å². The number of benzene rings is 2. The van der Waals surface area contributed by atoms with Crippen LogP contribution >= 0.6 is 0 Å². The van der Waals surface area contributed by atoms with Gasteiger partial charge in [-0.05, 0) is 55.8 Å². The molecule has 2 aromatic rings. The zero-order chi connectivity index (χ0) is 23.5. The molecule has 0 saturated heterocycles. The molecule has 0 aliphatic rings. The van der Waals surface area contributed by atoms with E-state index in [1.165, 1.54) is 18.2 Å². The summed E-state index contributed by atoms with van der Waals surface area (Å²) in [5.74, 6) is 0.0662. The number of hydrogen-bond acceptors (Lipinski definition) is 5. The van der Waals surface area contributed by atoms with Crippen molar-refractivity contribution in [2.24, 2.45) is 0 Å². The minimum absolute atomic E-state index is 0.0419. The van der Waals surface area contributed by atoms with Gasteiger partial charge in [-0.2, -0.15) is 17.6 Å². The molecule has 32 heavy (non-hydrogen) atoms. The van der Waals surface area contributed by atoms with Crippen molar-refractivity contribution in [1.29, 1.82) is 0 Å². The molecule has 0 heterocycles. The average molecular weight is 458 g/mol. The van der Waals surface area contributed by atoms with Crippen LogP contribution in [0, 0.1) is 0 Å². The molecule has 0 radical (unpaired) electrons. The number of alkyl halides is 4. The molecule has 2 rings (SSSR count). The summed E-state index contributed by atoms with van der Waals surface area (Å²) in [5, 5.41) is 2.80. The van der Waals surface area contributed by atoms with Crippen molar-refractivity contribution < 1.29 is 36.6 Å². The molecule has 176 valence electrons. The number of nitrogens with one attached hydrogen (secondary N) is 1. The van der Waals surface area contributed by atoms with Crippen molar-refractivity contribution in [3.05, 3.63) is 53.6 Å². The van der Waals surface area contributed by atoms with Crippen molar-refractivity contribution in [3.63, 3.8) is 0 Å². The predicted molar refractivity (Wildman–Crippen MR) is 110 cm³/mol. The molecule has 0 unspecified atom stereocenters. The van der Waals surface area contributed by atoms with Gasteiger partial charge in [0.15, 0.2) is 11.5 Å². The highest BCUT2D eigenvalue weighted by atomic mass is 19.3.